The Balaban J connectivity index is 2.51. The lowest BCUT2D eigenvalue weighted by atomic mass is 10.1. The SMILES string of the molecule is CCOC(=O)C(C)NC(C)c1csc(Cl)c1. The minimum absolute atomic E-state index is 0.0863. The lowest BCUT2D eigenvalue weighted by Crippen LogP contribution is -2.36. The largest absolute Gasteiger partial charge is 0.465 e. The molecule has 16 heavy (non-hydrogen) atoms. The number of hydrogen-bond donors (Lipinski definition) is 1. The highest BCUT2D eigenvalue weighted by Gasteiger charge is 2.17. The molecule has 1 heterocycles. The molecular weight excluding hydrogens is 246 g/mol. The van der Waals surface area contributed by atoms with Gasteiger partial charge in [-0.05, 0) is 37.8 Å². The van der Waals surface area contributed by atoms with E-state index in [-0.39, 0.29) is 18.1 Å². The summed E-state index contributed by atoms with van der Waals surface area (Å²) in [4.78, 5) is 11.4. The molecule has 0 aliphatic carbocycles. The van der Waals surface area contributed by atoms with E-state index >= 15 is 0 Å². The first-order valence-electron chi connectivity index (χ1n) is 5.21. The Bertz CT molecular complexity index is 354. The number of nitrogens with one attached hydrogen (secondary N) is 1. The van der Waals surface area contributed by atoms with Crippen LogP contribution in [0.5, 0.6) is 0 Å². The fraction of sp³-hybridized carbons (Fsp3) is 0.545. The topological polar surface area (TPSA) is 38.3 Å². The maximum Gasteiger partial charge on any atom is 0.322 e. The lowest BCUT2D eigenvalue weighted by molar-refractivity contribution is -0.145. The van der Waals surface area contributed by atoms with E-state index in [0.29, 0.717) is 6.61 Å². The van der Waals surface area contributed by atoms with Crippen molar-refractivity contribution in [3.05, 3.63) is 21.3 Å². The van der Waals surface area contributed by atoms with Crippen LogP contribution in [0.25, 0.3) is 0 Å². The molecule has 0 fully saturated rings. The minimum atomic E-state index is -0.311. The molecule has 0 aromatic carbocycles. The Kier molecular flexibility index (Phi) is 5.25. The highest BCUT2D eigenvalue weighted by atomic mass is 35.5. The molecule has 3 nitrogen and oxygen atoms in total. The summed E-state index contributed by atoms with van der Waals surface area (Å²) in [6, 6.07) is 1.68. The van der Waals surface area contributed by atoms with Crippen molar-refractivity contribution in [3.8, 4) is 0 Å². The highest BCUT2D eigenvalue weighted by molar-refractivity contribution is 7.14. The van der Waals surface area contributed by atoms with Gasteiger partial charge in [0, 0.05) is 6.04 Å². The van der Waals surface area contributed by atoms with E-state index in [0.717, 1.165) is 9.90 Å². The van der Waals surface area contributed by atoms with Gasteiger partial charge in [-0.2, -0.15) is 0 Å². The third-order valence-electron chi connectivity index (χ3n) is 2.23. The van der Waals surface area contributed by atoms with Crippen LogP contribution in [0.4, 0.5) is 0 Å². The molecule has 0 aliphatic rings. The van der Waals surface area contributed by atoms with Crippen LogP contribution >= 0.6 is 22.9 Å². The molecule has 2 unspecified atom stereocenters. The van der Waals surface area contributed by atoms with Crippen LogP contribution in [0.1, 0.15) is 32.4 Å². The molecule has 0 saturated heterocycles. The van der Waals surface area contributed by atoms with Gasteiger partial charge in [0.1, 0.15) is 6.04 Å². The predicted octanol–water partition coefficient (Wildman–Crippen LogP) is 3.00. The number of rotatable bonds is 5. The quantitative estimate of drug-likeness (QED) is 0.828. The van der Waals surface area contributed by atoms with Crippen molar-refractivity contribution < 1.29 is 9.53 Å². The van der Waals surface area contributed by atoms with Crippen LogP contribution in [0.2, 0.25) is 4.34 Å². The highest BCUT2D eigenvalue weighted by Crippen LogP contribution is 2.24. The summed E-state index contributed by atoms with van der Waals surface area (Å²) in [5.41, 5.74) is 1.09. The van der Waals surface area contributed by atoms with Crippen LogP contribution in [0.3, 0.4) is 0 Å². The van der Waals surface area contributed by atoms with Crippen molar-refractivity contribution in [1.82, 2.24) is 5.32 Å². The number of carbonyl (C=O) groups excluding carboxylic acids is 1. The summed E-state index contributed by atoms with van der Waals surface area (Å²) in [6.45, 7) is 5.99. The number of halogens is 1. The zero-order chi connectivity index (χ0) is 12.1. The van der Waals surface area contributed by atoms with Gasteiger partial charge in [0.15, 0.2) is 0 Å². The van der Waals surface area contributed by atoms with Crippen LogP contribution in [0, 0.1) is 0 Å². The first kappa shape index (κ1) is 13.5. The van der Waals surface area contributed by atoms with Gasteiger partial charge in [0.2, 0.25) is 0 Å². The Morgan fingerprint density at radius 3 is 2.81 bits per heavy atom. The second-order valence-corrected chi connectivity index (χ2v) is 5.09. The average molecular weight is 262 g/mol. The number of thiophene rings is 1. The molecule has 0 spiro atoms. The maximum absolute atomic E-state index is 11.4. The van der Waals surface area contributed by atoms with Gasteiger partial charge in [-0.15, -0.1) is 11.3 Å². The number of esters is 1. The van der Waals surface area contributed by atoms with E-state index in [1.54, 1.807) is 13.8 Å². The van der Waals surface area contributed by atoms with Crippen molar-refractivity contribution in [2.75, 3.05) is 6.61 Å². The summed E-state index contributed by atoms with van der Waals surface area (Å²) in [6.07, 6.45) is 0. The third-order valence-corrected chi connectivity index (χ3v) is 3.34. The Morgan fingerprint density at radius 1 is 1.62 bits per heavy atom. The fourth-order valence-electron chi connectivity index (χ4n) is 1.36. The van der Waals surface area contributed by atoms with Crippen LogP contribution in [0.15, 0.2) is 11.4 Å². The summed E-state index contributed by atoms with van der Waals surface area (Å²) in [5, 5.41) is 5.15. The Morgan fingerprint density at radius 2 is 2.31 bits per heavy atom. The van der Waals surface area contributed by atoms with Crippen molar-refractivity contribution in [1.29, 1.82) is 0 Å². The summed E-state index contributed by atoms with van der Waals surface area (Å²) < 4.78 is 5.68. The van der Waals surface area contributed by atoms with Gasteiger partial charge >= 0.3 is 5.97 Å². The Hall–Kier alpha value is -0.580. The van der Waals surface area contributed by atoms with Crippen molar-refractivity contribution in [2.45, 2.75) is 32.9 Å². The van der Waals surface area contributed by atoms with E-state index in [1.807, 2.05) is 18.4 Å². The summed E-state index contributed by atoms with van der Waals surface area (Å²) in [7, 11) is 0. The molecule has 1 aromatic heterocycles. The van der Waals surface area contributed by atoms with Crippen molar-refractivity contribution >= 4 is 28.9 Å². The van der Waals surface area contributed by atoms with Crippen molar-refractivity contribution in [3.63, 3.8) is 0 Å². The van der Waals surface area contributed by atoms with Gasteiger partial charge in [0.05, 0.1) is 10.9 Å². The van der Waals surface area contributed by atoms with Crippen LogP contribution < -0.4 is 5.32 Å². The second-order valence-electron chi connectivity index (χ2n) is 3.55. The summed E-state index contributed by atoms with van der Waals surface area (Å²) in [5.74, 6) is -0.226. The molecule has 1 aromatic rings. The lowest BCUT2D eigenvalue weighted by Gasteiger charge is -2.17. The number of ether oxygens (including phenoxy) is 1. The molecular formula is C11H16ClNO2S. The fourth-order valence-corrected chi connectivity index (χ4v) is 2.34. The molecule has 1 N–H and O–H groups in total. The molecule has 2 atom stereocenters. The van der Waals surface area contributed by atoms with E-state index in [9.17, 15) is 4.79 Å². The molecule has 1 rings (SSSR count). The maximum atomic E-state index is 11.4. The molecule has 5 heteroatoms. The molecule has 90 valence electrons. The molecule has 0 aliphatic heterocycles. The second kappa shape index (κ2) is 6.23. The summed E-state index contributed by atoms with van der Waals surface area (Å²) >= 11 is 7.34. The van der Waals surface area contributed by atoms with Gasteiger partial charge in [-0.1, -0.05) is 11.6 Å². The zero-order valence-electron chi connectivity index (χ0n) is 9.62. The van der Waals surface area contributed by atoms with Crippen LogP contribution in [-0.2, 0) is 9.53 Å². The van der Waals surface area contributed by atoms with E-state index in [2.05, 4.69) is 5.32 Å². The van der Waals surface area contributed by atoms with Gasteiger partial charge in [0.25, 0.3) is 0 Å². The first-order chi connectivity index (χ1) is 7.54. The average Bonchev–Trinajstić information content (AvgIpc) is 2.65. The van der Waals surface area contributed by atoms with Crippen molar-refractivity contribution in [2.24, 2.45) is 0 Å². The minimum Gasteiger partial charge on any atom is -0.465 e. The van der Waals surface area contributed by atoms with Gasteiger partial charge in [-0.3, -0.25) is 10.1 Å². The zero-order valence-corrected chi connectivity index (χ0v) is 11.2. The molecule has 0 bridgehead atoms. The van der Waals surface area contributed by atoms with Crippen LogP contribution in [-0.4, -0.2) is 18.6 Å². The van der Waals surface area contributed by atoms with E-state index in [4.69, 9.17) is 16.3 Å². The first-order valence-corrected chi connectivity index (χ1v) is 6.47. The standard InChI is InChI=1S/C11H16ClNO2S/c1-4-15-11(14)8(3)13-7(2)9-5-10(12)16-6-9/h5-8,13H,4H2,1-3H3. The Labute approximate surface area is 105 Å². The molecule has 0 radical (unpaired) electrons. The number of carbonyl (C=O) groups is 1. The third kappa shape index (κ3) is 3.77. The molecule has 0 saturated carbocycles. The predicted molar refractivity (Wildman–Crippen MR) is 67.0 cm³/mol. The monoisotopic (exact) mass is 261 g/mol. The smallest absolute Gasteiger partial charge is 0.322 e. The van der Waals surface area contributed by atoms with Gasteiger partial charge in [-0.25, -0.2) is 0 Å². The van der Waals surface area contributed by atoms with E-state index in [1.165, 1.54) is 11.3 Å². The number of hydrogen-bond acceptors (Lipinski definition) is 4. The normalized spacial score (nSPS) is 14.5. The van der Waals surface area contributed by atoms with Gasteiger partial charge < -0.3 is 4.74 Å². The molecule has 0 amide bonds. The van der Waals surface area contributed by atoms with E-state index < -0.39 is 0 Å².